The van der Waals surface area contributed by atoms with Crippen LogP contribution in [0.3, 0.4) is 0 Å². The van der Waals surface area contributed by atoms with Gasteiger partial charge in [-0.2, -0.15) is 5.10 Å². The summed E-state index contributed by atoms with van der Waals surface area (Å²) in [5.41, 5.74) is 3.15. The zero-order valence-corrected chi connectivity index (χ0v) is 14.7. The van der Waals surface area contributed by atoms with Gasteiger partial charge in [0.15, 0.2) is 0 Å². The average molecular weight is 324 g/mol. The second-order valence-electron chi connectivity index (χ2n) is 7.34. The van der Waals surface area contributed by atoms with E-state index in [1.807, 2.05) is 23.0 Å². The highest BCUT2D eigenvalue weighted by Crippen LogP contribution is 2.59. The molecule has 2 atom stereocenters. The third kappa shape index (κ3) is 3.40. The highest BCUT2D eigenvalue weighted by atomic mass is 16.2. The van der Waals surface area contributed by atoms with Crippen LogP contribution in [0.2, 0.25) is 0 Å². The molecule has 3 rings (SSSR count). The lowest BCUT2D eigenvalue weighted by Crippen LogP contribution is -2.16. The van der Waals surface area contributed by atoms with Crippen LogP contribution >= 0.6 is 0 Å². The lowest BCUT2D eigenvalue weighted by atomic mass is 10.1. The minimum atomic E-state index is 0.0222. The van der Waals surface area contributed by atoms with Gasteiger partial charge in [-0.3, -0.25) is 14.5 Å². The maximum atomic E-state index is 12.6. The van der Waals surface area contributed by atoms with E-state index < -0.39 is 0 Å². The third-order valence-corrected chi connectivity index (χ3v) is 4.70. The number of nitrogens with one attached hydrogen (secondary N) is 1. The van der Waals surface area contributed by atoms with E-state index in [0.717, 1.165) is 11.3 Å². The van der Waals surface area contributed by atoms with Crippen molar-refractivity contribution >= 4 is 11.6 Å². The van der Waals surface area contributed by atoms with E-state index in [1.54, 1.807) is 18.6 Å². The standard InChI is InChI=1S/C19H24N4O/c1-13(2)9-16-17(19(16,3)4)18(24)22-15-10-21-23(12-15)11-14-5-7-20-8-6-14/h5-10,12,16-17H,11H2,1-4H3,(H,22,24)/t16-,17+/m0/s1. The summed E-state index contributed by atoms with van der Waals surface area (Å²) in [6.07, 6.45) is 9.30. The number of hydrogen-bond acceptors (Lipinski definition) is 3. The molecule has 1 fully saturated rings. The molecule has 0 aromatic carbocycles. The topological polar surface area (TPSA) is 59.8 Å². The normalized spacial score (nSPS) is 21.2. The average Bonchev–Trinajstić information content (AvgIpc) is 2.83. The van der Waals surface area contributed by atoms with Crippen molar-refractivity contribution in [2.24, 2.45) is 17.3 Å². The van der Waals surface area contributed by atoms with Crippen molar-refractivity contribution in [3.05, 3.63) is 54.1 Å². The van der Waals surface area contributed by atoms with E-state index in [0.29, 0.717) is 12.5 Å². The smallest absolute Gasteiger partial charge is 0.228 e. The number of pyridine rings is 1. The summed E-state index contributed by atoms with van der Waals surface area (Å²) in [5, 5.41) is 7.32. The van der Waals surface area contributed by atoms with Gasteiger partial charge in [-0.15, -0.1) is 0 Å². The van der Waals surface area contributed by atoms with E-state index in [2.05, 4.69) is 49.2 Å². The predicted octanol–water partition coefficient (Wildman–Crippen LogP) is 3.50. The largest absolute Gasteiger partial charge is 0.323 e. The zero-order chi connectivity index (χ0) is 17.3. The van der Waals surface area contributed by atoms with Gasteiger partial charge in [-0.05, 0) is 42.9 Å². The van der Waals surface area contributed by atoms with E-state index in [1.165, 1.54) is 5.57 Å². The molecule has 1 amide bonds. The first-order valence-corrected chi connectivity index (χ1v) is 8.25. The van der Waals surface area contributed by atoms with Gasteiger partial charge in [0.1, 0.15) is 0 Å². The Morgan fingerprint density at radius 2 is 2.04 bits per heavy atom. The molecule has 2 heterocycles. The van der Waals surface area contributed by atoms with Crippen molar-refractivity contribution in [3.63, 3.8) is 0 Å². The maximum absolute atomic E-state index is 12.6. The molecular formula is C19H24N4O. The van der Waals surface area contributed by atoms with Gasteiger partial charge in [-0.25, -0.2) is 0 Å². The molecule has 126 valence electrons. The van der Waals surface area contributed by atoms with Crippen molar-refractivity contribution < 1.29 is 4.79 Å². The highest BCUT2D eigenvalue weighted by molar-refractivity contribution is 5.95. The Hall–Kier alpha value is -2.43. The van der Waals surface area contributed by atoms with Gasteiger partial charge in [-0.1, -0.05) is 25.5 Å². The number of nitrogens with zero attached hydrogens (tertiary/aromatic N) is 3. The van der Waals surface area contributed by atoms with Crippen LogP contribution in [-0.2, 0) is 11.3 Å². The Bertz CT molecular complexity index is 757. The Balaban J connectivity index is 1.63. The Morgan fingerprint density at radius 1 is 1.33 bits per heavy atom. The molecule has 0 unspecified atom stereocenters. The number of hydrogen-bond donors (Lipinski definition) is 1. The first-order valence-electron chi connectivity index (χ1n) is 8.25. The molecule has 2 aromatic heterocycles. The van der Waals surface area contributed by atoms with Crippen LogP contribution < -0.4 is 5.32 Å². The van der Waals surface area contributed by atoms with Gasteiger partial charge < -0.3 is 5.32 Å². The fourth-order valence-corrected chi connectivity index (χ4v) is 3.26. The van der Waals surface area contributed by atoms with Crippen LogP contribution in [0.5, 0.6) is 0 Å². The lowest BCUT2D eigenvalue weighted by Gasteiger charge is -2.03. The van der Waals surface area contributed by atoms with Gasteiger partial charge in [0.25, 0.3) is 0 Å². The summed E-state index contributed by atoms with van der Waals surface area (Å²) in [4.78, 5) is 16.6. The molecule has 5 nitrogen and oxygen atoms in total. The summed E-state index contributed by atoms with van der Waals surface area (Å²) in [6.45, 7) is 9.11. The SMILES string of the molecule is CC(C)=C[C@H]1[C@H](C(=O)Nc2cnn(Cc3ccncc3)c2)C1(C)C. The molecule has 1 N–H and O–H groups in total. The fourth-order valence-electron chi connectivity index (χ4n) is 3.26. The molecular weight excluding hydrogens is 300 g/mol. The minimum Gasteiger partial charge on any atom is -0.323 e. The van der Waals surface area contributed by atoms with Crippen molar-refractivity contribution in [2.75, 3.05) is 5.32 Å². The Labute approximate surface area is 142 Å². The van der Waals surface area contributed by atoms with Crippen LogP contribution in [0.25, 0.3) is 0 Å². The quantitative estimate of drug-likeness (QED) is 0.856. The summed E-state index contributed by atoms with van der Waals surface area (Å²) in [5.74, 6) is 0.413. The Morgan fingerprint density at radius 3 is 2.71 bits per heavy atom. The number of anilines is 1. The molecule has 0 aliphatic heterocycles. The maximum Gasteiger partial charge on any atom is 0.228 e. The number of aromatic nitrogens is 3. The number of carbonyl (C=O) groups is 1. The van der Waals surface area contributed by atoms with Crippen LogP contribution in [0.15, 0.2) is 48.6 Å². The highest BCUT2D eigenvalue weighted by Gasteiger charge is 2.60. The van der Waals surface area contributed by atoms with E-state index in [4.69, 9.17) is 0 Å². The molecule has 0 saturated heterocycles. The zero-order valence-electron chi connectivity index (χ0n) is 14.7. The molecule has 1 saturated carbocycles. The van der Waals surface area contributed by atoms with Gasteiger partial charge in [0.05, 0.1) is 24.3 Å². The van der Waals surface area contributed by atoms with Crippen LogP contribution in [0.1, 0.15) is 33.3 Å². The van der Waals surface area contributed by atoms with Crippen LogP contribution in [-0.4, -0.2) is 20.7 Å². The summed E-state index contributed by atoms with van der Waals surface area (Å²) in [7, 11) is 0. The Kier molecular flexibility index (Phi) is 4.26. The monoisotopic (exact) mass is 324 g/mol. The van der Waals surface area contributed by atoms with Gasteiger partial charge >= 0.3 is 0 Å². The van der Waals surface area contributed by atoms with Gasteiger partial charge in [0, 0.05) is 18.6 Å². The summed E-state index contributed by atoms with van der Waals surface area (Å²) < 4.78 is 1.82. The lowest BCUT2D eigenvalue weighted by molar-refractivity contribution is -0.118. The third-order valence-electron chi connectivity index (χ3n) is 4.70. The molecule has 1 aliphatic rings. The fraction of sp³-hybridized carbons (Fsp3) is 0.421. The summed E-state index contributed by atoms with van der Waals surface area (Å²) >= 11 is 0. The van der Waals surface area contributed by atoms with Crippen LogP contribution in [0.4, 0.5) is 5.69 Å². The van der Waals surface area contributed by atoms with Crippen molar-refractivity contribution in [3.8, 4) is 0 Å². The predicted molar refractivity (Wildman–Crippen MR) is 94.4 cm³/mol. The molecule has 0 bridgehead atoms. The number of rotatable bonds is 5. The van der Waals surface area contributed by atoms with E-state index in [9.17, 15) is 4.79 Å². The minimum absolute atomic E-state index is 0.0222. The molecule has 1 aliphatic carbocycles. The molecule has 0 spiro atoms. The van der Waals surface area contributed by atoms with Crippen molar-refractivity contribution in [1.82, 2.24) is 14.8 Å². The number of carbonyl (C=O) groups excluding carboxylic acids is 1. The molecule has 5 heteroatoms. The van der Waals surface area contributed by atoms with Crippen molar-refractivity contribution in [1.29, 1.82) is 0 Å². The second-order valence-corrected chi connectivity index (χ2v) is 7.34. The first-order chi connectivity index (χ1) is 11.4. The number of amides is 1. The van der Waals surface area contributed by atoms with E-state index >= 15 is 0 Å². The number of allylic oxidation sites excluding steroid dienone is 2. The van der Waals surface area contributed by atoms with Gasteiger partial charge in [0.2, 0.25) is 5.91 Å². The second kappa shape index (κ2) is 6.23. The van der Waals surface area contributed by atoms with Crippen molar-refractivity contribution in [2.45, 2.75) is 34.2 Å². The van der Waals surface area contributed by atoms with Crippen LogP contribution in [0, 0.1) is 17.3 Å². The summed E-state index contributed by atoms with van der Waals surface area (Å²) in [6, 6.07) is 3.91. The molecule has 24 heavy (non-hydrogen) atoms. The van der Waals surface area contributed by atoms with E-state index in [-0.39, 0.29) is 17.2 Å². The first kappa shape index (κ1) is 16.4. The molecule has 2 aromatic rings. The molecule has 0 radical (unpaired) electrons.